The molecule has 0 saturated heterocycles. The van der Waals surface area contributed by atoms with Crippen LogP contribution in [0.25, 0.3) is 32.8 Å². The summed E-state index contributed by atoms with van der Waals surface area (Å²) < 4.78 is 3.49. The van der Waals surface area contributed by atoms with Crippen LogP contribution in [0.5, 0.6) is 0 Å². The molecule has 4 nitrogen and oxygen atoms in total. The van der Waals surface area contributed by atoms with Gasteiger partial charge in [0.1, 0.15) is 22.1 Å². The number of aromatic nitrogens is 4. The van der Waals surface area contributed by atoms with E-state index in [2.05, 4.69) is 84.1 Å². The molecule has 8 heteroatoms. The molecule has 0 N–H and O–H groups in total. The zero-order valence-corrected chi connectivity index (χ0v) is 15.8. The van der Waals surface area contributed by atoms with Crippen LogP contribution in [0.1, 0.15) is 0 Å². The Hall–Kier alpha value is -0.440. The van der Waals surface area contributed by atoms with Crippen molar-refractivity contribution in [2.24, 2.45) is 0 Å². The number of hydrogen-bond acceptors (Lipinski definition) is 4. The lowest BCUT2D eigenvalue weighted by Crippen LogP contribution is -1.97. The van der Waals surface area contributed by atoms with Crippen molar-refractivity contribution in [2.75, 3.05) is 0 Å². The number of halogens is 4. The van der Waals surface area contributed by atoms with E-state index in [9.17, 15) is 0 Å². The third kappa shape index (κ3) is 1.68. The van der Waals surface area contributed by atoms with E-state index < -0.39 is 0 Å². The molecule has 0 atom stereocenters. The first-order valence-corrected chi connectivity index (χ1v) is 8.63. The average Bonchev–Trinajstić information content (AvgIpc) is 2.42. The summed E-state index contributed by atoms with van der Waals surface area (Å²) in [6.45, 7) is 0. The SMILES string of the molecule is Brc1cc(Br)c2nnc3c(Br)cc(Br)c4nnc1c2c43. The van der Waals surface area contributed by atoms with Crippen LogP contribution in [0.2, 0.25) is 0 Å². The molecular weight excluding hydrogens is 520 g/mol. The van der Waals surface area contributed by atoms with Gasteiger partial charge >= 0.3 is 0 Å². The highest BCUT2D eigenvalue weighted by Crippen LogP contribution is 2.41. The summed E-state index contributed by atoms with van der Waals surface area (Å²) in [6, 6.07) is 3.82. The van der Waals surface area contributed by atoms with Crippen LogP contribution in [0.15, 0.2) is 30.0 Å². The zero-order chi connectivity index (χ0) is 14.0. The van der Waals surface area contributed by atoms with Crippen LogP contribution >= 0.6 is 63.7 Å². The van der Waals surface area contributed by atoms with Crippen LogP contribution in [0.4, 0.5) is 0 Å². The van der Waals surface area contributed by atoms with Crippen LogP contribution in [-0.2, 0) is 0 Å². The van der Waals surface area contributed by atoms with Gasteiger partial charge in [-0.15, -0.1) is 20.4 Å². The van der Waals surface area contributed by atoms with Crippen molar-refractivity contribution in [1.82, 2.24) is 20.4 Å². The molecule has 2 heterocycles. The minimum absolute atomic E-state index is 0.778. The van der Waals surface area contributed by atoms with E-state index >= 15 is 0 Å². The van der Waals surface area contributed by atoms with Gasteiger partial charge in [-0.1, -0.05) is 0 Å². The molecule has 0 aliphatic rings. The Labute approximate surface area is 146 Å². The lowest BCUT2D eigenvalue weighted by Gasteiger charge is -2.11. The Morgan fingerprint density at radius 3 is 1.00 bits per heavy atom. The fourth-order valence-corrected chi connectivity index (χ4v) is 4.90. The Morgan fingerprint density at radius 2 is 0.750 bits per heavy atom. The fourth-order valence-electron chi connectivity index (χ4n) is 2.26. The third-order valence-corrected chi connectivity index (χ3v) is 5.53. The minimum Gasteiger partial charge on any atom is -0.149 e. The van der Waals surface area contributed by atoms with Gasteiger partial charge in [-0.25, -0.2) is 0 Å². The largest absolute Gasteiger partial charge is 0.149 e. The molecule has 0 fully saturated rings. The number of hydrogen-bond donors (Lipinski definition) is 0. The molecule has 98 valence electrons. The first kappa shape index (κ1) is 13.2. The third-order valence-electron chi connectivity index (χ3n) is 3.11. The highest BCUT2D eigenvalue weighted by Gasteiger charge is 2.19. The van der Waals surface area contributed by atoms with Crippen molar-refractivity contribution in [2.45, 2.75) is 0 Å². The van der Waals surface area contributed by atoms with Crippen molar-refractivity contribution in [3.8, 4) is 0 Å². The fraction of sp³-hybridized carbons (Fsp3) is 0. The van der Waals surface area contributed by atoms with E-state index in [1.54, 1.807) is 0 Å². The second-order valence-electron chi connectivity index (χ2n) is 4.22. The molecule has 0 aliphatic carbocycles. The Morgan fingerprint density at radius 1 is 0.500 bits per heavy atom. The summed E-state index contributed by atoms with van der Waals surface area (Å²) in [5, 5.41) is 19.1. The van der Waals surface area contributed by atoms with Gasteiger partial charge < -0.3 is 0 Å². The first-order valence-electron chi connectivity index (χ1n) is 5.46. The highest BCUT2D eigenvalue weighted by molar-refractivity contribution is 9.11. The summed E-state index contributed by atoms with van der Waals surface area (Å²) >= 11 is 14.1. The van der Waals surface area contributed by atoms with E-state index in [0.29, 0.717) is 0 Å². The van der Waals surface area contributed by atoms with Gasteiger partial charge in [-0.2, -0.15) is 0 Å². The molecule has 0 bridgehead atoms. The number of benzene rings is 2. The predicted molar refractivity (Wildman–Crippen MR) is 92.1 cm³/mol. The molecular formula is C12H2Br4N4. The standard InChI is InChI=1S/C12H2Br4N4/c13-3-1-4(14)10-7-8-11(19-17-9(3)7)5(15)2-6(16)12(8)20-18-10/h1-2H. The van der Waals surface area contributed by atoms with Crippen molar-refractivity contribution >= 4 is 96.6 Å². The number of nitrogens with zero attached hydrogens (tertiary/aromatic N) is 4. The van der Waals surface area contributed by atoms with Gasteiger partial charge in [0, 0.05) is 28.7 Å². The van der Waals surface area contributed by atoms with Gasteiger partial charge in [-0.05, 0) is 75.9 Å². The quantitative estimate of drug-likeness (QED) is 0.298. The molecule has 0 amide bonds. The molecule has 0 unspecified atom stereocenters. The Bertz CT molecular complexity index is 848. The van der Waals surface area contributed by atoms with E-state index in [1.807, 2.05) is 12.1 Å². The molecule has 20 heavy (non-hydrogen) atoms. The van der Waals surface area contributed by atoms with Crippen LogP contribution in [0, 0.1) is 0 Å². The number of rotatable bonds is 0. The van der Waals surface area contributed by atoms with Crippen molar-refractivity contribution in [3.63, 3.8) is 0 Å². The summed E-state index contributed by atoms with van der Waals surface area (Å²) in [5.41, 5.74) is 3.11. The first-order chi connectivity index (χ1) is 9.58. The van der Waals surface area contributed by atoms with Gasteiger partial charge in [-0.3, -0.25) is 0 Å². The maximum absolute atomic E-state index is 4.31. The van der Waals surface area contributed by atoms with Gasteiger partial charge in [0.05, 0.1) is 0 Å². The maximum atomic E-state index is 4.31. The molecule has 0 saturated carbocycles. The molecule has 4 rings (SSSR count). The van der Waals surface area contributed by atoms with E-state index in [0.717, 1.165) is 50.7 Å². The zero-order valence-electron chi connectivity index (χ0n) is 9.46. The predicted octanol–water partition coefficient (Wildman–Crippen LogP) is 5.21. The average molecular weight is 522 g/mol. The van der Waals surface area contributed by atoms with E-state index in [4.69, 9.17) is 0 Å². The van der Waals surface area contributed by atoms with Gasteiger partial charge in [0.2, 0.25) is 0 Å². The Kier molecular flexibility index (Phi) is 3.00. The topological polar surface area (TPSA) is 51.6 Å². The second-order valence-corrected chi connectivity index (χ2v) is 7.64. The van der Waals surface area contributed by atoms with E-state index in [-0.39, 0.29) is 0 Å². The lowest BCUT2D eigenvalue weighted by molar-refractivity contribution is 1.09. The smallest absolute Gasteiger partial charge is 0.110 e. The summed E-state index contributed by atoms with van der Waals surface area (Å²) in [5.74, 6) is 0. The van der Waals surface area contributed by atoms with Crippen LogP contribution in [-0.4, -0.2) is 20.4 Å². The van der Waals surface area contributed by atoms with Crippen LogP contribution < -0.4 is 0 Å². The Balaban J connectivity index is 2.47. The molecule has 2 aromatic heterocycles. The molecule has 0 spiro atoms. The van der Waals surface area contributed by atoms with Crippen molar-refractivity contribution in [1.29, 1.82) is 0 Å². The molecule has 0 radical (unpaired) electrons. The molecule has 0 aliphatic heterocycles. The second kappa shape index (κ2) is 4.53. The van der Waals surface area contributed by atoms with E-state index in [1.165, 1.54) is 0 Å². The van der Waals surface area contributed by atoms with Gasteiger partial charge in [0.25, 0.3) is 0 Å². The summed E-state index contributed by atoms with van der Waals surface area (Å²) in [7, 11) is 0. The summed E-state index contributed by atoms with van der Waals surface area (Å²) in [4.78, 5) is 0. The molecule has 2 aromatic carbocycles. The maximum Gasteiger partial charge on any atom is 0.110 e. The normalized spacial score (nSPS) is 12.0. The van der Waals surface area contributed by atoms with Gasteiger partial charge in [0.15, 0.2) is 0 Å². The minimum atomic E-state index is 0.778. The van der Waals surface area contributed by atoms with Crippen molar-refractivity contribution in [3.05, 3.63) is 30.0 Å². The lowest BCUT2D eigenvalue weighted by atomic mass is 10.1. The molecule has 4 aromatic rings. The summed E-state index contributed by atoms with van der Waals surface area (Å²) in [6.07, 6.45) is 0. The van der Waals surface area contributed by atoms with Crippen LogP contribution in [0.3, 0.4) is 0 Å². The highest BCUT2D eigenvalue weighted by atomic mass is 79.9. The van der Waals surface area contributed by atoms with Crippen molar-refractivity contribution < 1.29 is 0 Å². The monoisotopic (exact) mass is 518 g/mol.